The summed E-state index contributed by atoms with van der Waals surface area (Å²) < 4.78 is 1.82. The molecule has 14 heavy (non-hydrogen) atoms. The Morgan fingerprint density at radius 1 is 1.36 bits per heavy atom. The van der Waals surface area contributed by atoms with Gasteiger partial charge < -0.3 is 5.73 Å². The zero-order chi connectivity index (χ0) is 10.6. The molecule has 0 fully saturated rings. The number of hydrogen-bond acceptors (Lipinski definition) is 4. The Hall–Kier alpha value is -0.970. The summed E-state index contributed by atoms with van der Waals surface area (Å²) in [6, 6.07) is -0.0978. The summed E-state index contributed by atoms with van der Waals surface area (Å²) in [6.07, 6.45) is 2.30. The fourth-order valence-corrected chi connectivity index (χ4v) is 1.46. The fraction of sp³-hybridized carbons (Fsp3) is 0.889. The van der Waals surface area contributed by atoms with Crippen LogP contribution in [0.1, 0.15) is 45.5 Å². The minimum atomic E-state index is -0.0978. The largest absolute Gasteiger partial charge is 0.322 e. The van der Waals surface area contributed by atoms with Gasteiger partial charge in [0.15, 0.2) is 5.82 Å². The molecule has 1 unspecified atom stereocenters. The van der Waals surface area contributed by atoms with Crippen LogP contribution in [0, 0.1) is 5.92 Å². The first-order valence-electron chi connectivity index (χ1n) is 5.20. The molecule has 0 saturated carbocycles. The summed E-state index contributed by atoms with van der Waals surface area (Å²) in [5.74, 6) is 1.41. The second-order valence-electron chi connectivity index (χ2n) is 3.69. The molecule has 2 N–H and O–H groups in total. The molecule has 0 bridgehead atoms. The highest BCUT2D eigenvalue weighted by atomic mass is 15.5. The average Bonchev–Trinajstić information content (AvgIpc) is 2.62. The molecule has 0 aliphatic heterocycles. The van der Waals surface area contributed by atoms with Crippen molar-refractivity contribution in [3.05, 3.63) is 5.82 Å². The average molecular weight is 197 g/mol. The first kappa shape index (κ1) is 11.1. The number of nitrogens with zero attached hydrogens (tertiary/aromatic N) is 4. The van der Waals surface area contributed by atoms with Gasteiger partial charge in [-0.25, -0.2) is 4.68 Å². The molecular weight excluding hydrogens is 178 g/mol. The highest BCUT2D eigenvalue weighted by Gasteiger charge is 2.13. The van der Waals surface area contributed by atoms with Gasteiger partial charge in [0.1, 0.15) is 0 Å². The smallest absolute Gasteiger partial charge is 0.167 e. The summed E-state index contributed by atoms with van der Waals surface area (Å²) in [5, 5.41) is 11.5. The zero-order valence-corrected chi connectivity index (χ0v) is 9.14. The normalized spacial score (nSPS) is 13.5. The van der Waals surface area contributed by atoms with Crippen LogP contribution >= 0.6 is 0 Å². The fourth-order valence-electron chi connectivity index (χ4n) is 1.46. The maximum atomic E-state index is 5.75. The number of hydrogen-bond donors (Lipinski definition) is 1. The van der Waals surface area contributed by atoms with Crippen LogP contribution in [0.25, 0.3) is 0 Å². The van der Waals surface area contributed by atoms with Crippen molar-refractivity contribution in [1.82, 2.24) is 20.2 Å². The minimum absolute atomic E-state index is 0.0978. The van der Waals surface area contributed by atoms with Gasteiger partial charge in [0.2, 0.25) is 0 Å². The third-order valence-corrected chi connectivity index (χ3v) is 2.55. The molecule has 1 atom stereocenters. The van der Waals surface area contributed by atoms with E-state index in [1.807, 2.05) is 11.6 Å². The van der Waals surface area contributed by atoms with Crippen LogP contribution in [0.5, 0.6) is 0 Å². The predicted octanol–water partition coefficient (Wildman–Crippen LogP) is 1.13. The standard InChI is InChI=1S/C9H19N5/c1-4-8(5-2)6-14-9(7(3)10)11-12-13-14/h7-8H,4-6,10H2,1-3H3. The second kappa shape index (κ2) is 5.05. The van der Waals surface area contributed by atoms with Gasteiger partial charge in [0.05, 0.1) is 6.04 Å². The van der Waals surface area contributed by atoms with E-state index in [9.17, 15) is 0 Å². The van der Waals surface area contributed by atoms with E-state index in [0.29, 0.717) is 5.92 Å². The molecule has 1 aromatic heterocycles. The third kappa shape index (κ3) is 2.51. The third-order valence-electron chi connectivity index (χ3n) is 2.55. The lowest BCUT2D eigenvalue weighted by Gasteiger charge is -2.13. The van der Waals surface area contributed by atoms with Gasteiger partial charge in [-0.2, -0.15) is 0 Å². The second-order valence-corrected chi connectivity index (χ2v) is 3.69. The Labute approximate surface area is 84.7 Å². The van der Waals surface area contributed by atoms with Crippen LogP contribution in [0.3, 0.4) is 0 Å². The van der Waals surface area contributed by atoms with Crippen LogP contribution in [-0.2, 0) is 6.54 Å². The molecule has 1 aromatic rings. The van der Waals surface area contributed by atoms with Crippen molar-refractivity contribution in [3.63, 3.8) is 0 Å². The molecule has 1 rings (SSSR count). The molecule has 0 spiro atoms. The topological polar surface area (TPSA) is 69.6 Å². The number of aromatic nitrogens is 4. The van der Waals surface area contributed by atoms with Gasteiger partial charge in [-0.1, -0.05) is 26.7 Å². The Morgan fingerprint density at radius 2 is 2.00 bits per heavy atom. The monoisotopic (exact) mass is 197 g/mol. The Bertz CT molecular complexity index is 264. The van der Waals surface area contributed by atoms with E-state index < -0.39 is 0 Å². The van der Waals surface area contributed by atoms with Crippen molar-refractivity contribution < 1.29 is 0 Å². The Kier molecular flexibility index (Phi) is 4.00. The highest BCUT2D eigenvalue weighted by Crippen LogP contribution is 2.12. The van der Waals surface area contributed by atoms with E-state index in [1.54, 1.807) is 0 Å². The zero-order valence-electron chi connectivity index (χ0n) is 9.14. The van der Waals surface area contributed by atoms with E-state index in [0.717, 1.165) is 25.2 Å². The Balaban J connectivity index is 2.70. The highest BCUT2D eigenvalue weighted by molar-refractivity contribution is 4.87. The van der Waals surface area contributed by atoms with Crippen LogP contribution in [-0.4, -0.2) is 20.2 Å². The van der Waals surface area contributed by atoms with E-state index in [1.165, 1.54) is 0 Å². The number of nitrogens with two attached hydrogens (primary N) is 1. The van der Waals surface area contributed by atoms with Gasteiger partial charge in [0, 0.05) is 6.54 Å². The van der Waals surface area contributed by atoms with E-state index in [4.69, 9.17) is 5.73 Å². The van der Waals surface area contributed by atoms with Crippen molar-refractivity contribution >= 4 is 0 Å². The molecule has 5 nitrogen and oxygen atoms in total. The molecule has 0 aliphatic carbocycles. The minimum Gasteiger partial charge on any atom is -0.322 e. The van der Waals surface area contributed by atoms with Crippen LogP contribution in [0.4, 0.5) is 0 Å². The predicted molar refractivity (Wildman–Crippen MR) is 54.5 cm³/mol. The van der Waals surface area contributed by atoms with Crippen molar-refractivity contribution in [2.45, 2.75) is 46.2 Å². The van der Waals surface area contributed by atoms with Crippen LogP contribution in [0.15, 0.2) is 0 Å². The summed E-state index contributed by atoms with van der Waals surface area (Å²) in [4.78, 5) is 0. The molecule has 0 saturated heterocycles. The SMILES string of the molecule is CCC(CC)Cn1nnnc1C(C)N. The molecule has 5 heteroatoms. The molecule has 0 aromatic carbocycles. The van der Waals surface area contributed by atoms with Crippen LogP contribution in [0.2, 0.25) is 0 Å². The summed E-state index contributed by atoms with van der Waals surface area (Å²) in [7, 11) is 0. The van der Waals surface area contributed by atoms with E-state index >= 15 is 0 Å². The lowest BCUT2D eigenvalue weighted by atomic mass is 10.0. The summed E-state index contributed by atoms with van der Waals surface area (Å²) >= 11 is 0. The van der Waals surface area contributed by atoms with Crippen molar-refractivity contribution in [1.29, 1.82) is 0 Å². The summed E-state index contributed by atoms with van der Waals surface area (Å²) in [6.45, 7) is 7.14. The maximum absolute atomic E-state index is 5.75. The molecular formula is C9H19N5. The maximum Gasteiger partial charge on any atom is 0.167 e. The van der Waals surface area contributed by atoms with Gasteiger partial charge in [-0.05, 0) is 23.3 Å². The van der Waals surface area contributed by atoms with Gasteiger partial charge in [-0.15, -0.1) is 5.10 Å². The van der Waals surface area contributed by atoms with E-state index in [-0.39, 0.29) is 6.04 Å². The quantitative estimate of drug-likeness (QED) is 0.768. The lowest BCUT2D eigenvalue weighted by molar-refractivity contribution is 0.378. The Morgan fingerprint density at radius 3 is 2.50 bits per heavy atom. The van der Waals surface area contributed by atoms with Gasteiger partial charge in [-0.3, -0.25) is 0 Å². The molecule has 0 amide bonds. The van der Waals surface area contributed by atoms with Gasteiger partial charge >= 0.3 is 0 Å². The first-order chi connectivity index (χ1) is 6.69. The molecule has 80 valence electrons. The molecule has 1 heterocycles. The van der Waals surface area contributed by atoms with Crippen molar-refractivity contribution in [3.8, 4) is 0 Å². The molecule has 0 aliphatic rings. The van der Waals surface area contributed by atoms with Crippen LogP contribution < -0.4 is 5.73 Å². The lowest BCUT2D eigenvalue weighted by Crippen LogP contribution is -2.18. The summed E-state index contributed by atoms with van der Waals surface area (Å²) in [5.41, 5.74) is 5.75. The molecule has 0 radical (unpaired) electrons. The number of tetrazole rings is 1. The first-order valence-corrected chi connectivity index (χ1v) is 5.20. The number of rotatable bonds is 5. The van der Waals surface area contributed by atoms with Crippen molar-refractivity contribution in [2.75, 3.05) is 0 Å². The van der Waals surface area contributed by atoms with E-state index in [2.05, 4.69) is 29.4 Å². The van der Waals surface area contributed by atoms with Crippen molar-refractivity contribution in [2.24, 2.45) is 11.7 Å². The van der Waals surface area contributed by atoms with Gasteiger partial charge in [0.25, 0.3) is 0 Å².